The number of rotatable bonds is 8. The van der Waals surface area contributed by atoms with Crippen molar-refractivity contribution in [2.75, 3.05) is 24.2 Å². The number of nitrogens with one attached hydrogen (secondary N) is 1. The molecule has 0 heterocycles. The van der Waals surface area contributed by atoms with Crippen LogP contribution >= 0.6 is 11.6 Å². The van der Waals surface area contributed by atoms with Crippen LogP contribution in [0.4, 0.5) is 5.69 Å². The number of benzene rings is 2. The van der Waals surface area contributed by atoms with Crippen LogP contribution in [0.5, 0.6) is 0 Å². The molecule has 0 aliphatic carbocycles. The minimum Gasteiger partial charge on any atom is -0.357 e. The van der Waals surface area contributed by atoms with Crippen molar-refractivity contribution >= 4 is 39.1 Å². The molecule has 0 aliphatic heterocycles. The second-order valence-corrected chi connectivity index (χ2v) is 9.78. The molecule has 31 heavy (non-hydrogen) atoms. The van der Waals surface area contributed by atoms with Gasteiger partial charge in [-0.1, -0.05) is 35.9 Å². The molecule has 0 fully saturated rings. The fourth-order valence-corrected chi connectivity index (χ4v) is 4.39. The summed E-state index contributed by atoms with van der Waals surface area (Å²) in [4.78, 5) is 27.1. The Hall–Kier alpha value is -2.58. The normalized spacial score (nSPS) is 12.2. The van der Waals surface area contributed by atoms with Gasteiger partial charge < -0.3 is 10.2 Å². The van der Waals surface area contributed by atoms with Crippen LogP contribution in [0.3, 0.4) is 0 Å². The van der Waals surface area contributed by atoms with Gasteiger partial charge in [-0.3, -0.25) is 13.9 Å². The first-order chi connectivity index (χ1) is 14.5. The number of aryl methyl sites for hydroxylation is 2. The minimum atomic E-state index is -3.77. The molecule has 0 spiro atoms. The van der Waals surface area contributed by atoms with Crippen molar-refractivity contribution in [3.05, 3.63) is 64.2 Å². The van der Waals surface area contributed by atoms with Gasteiger partial charge in [0, 0.05) is 18.6 Å². The van der Waals surface area contributed by atoms with E-state index in [0.717, 1.165) is 21.7 Å². The van der Waals surface area contributed by atoms with Crippen LogP contribution < -0.4 is 9.62 Å². The van der Waals surface area contributed by atoms with Gasteiger partial charge in [-0.2, -0.15) is 0 Å². The van der Waals surface area contributed by atoms with Crippen molar-refractivity contribution in [1.82, 2.24) is 10.2 Å². The predicted octanol–water partition coefficient (Wildman–Crippen LogP) is 2.89. The first kappa shape index (κ1) is 24.7. The summed E-state index contributed by atoms with van der Waals surface area (Å²) in [5.41, 5.74) is 2.83. The summed E-state index contributed by atoms with van der Waals surface area (Å²) in [6, 6.07) is 11.5. The topological polar surface area (TPSA) is 86.8 Å². The lowest BCUT2D eigenvalue weighted by atomic mass is 10.1. The van der Waals surface area contributed by atoms with E-state index >= 15 is 0 Å². The quantitative estimate of drug-likeness (QED) is 0.649. The Morgan fingerprint density at radius 3 is 2.29 bits per heavy atom. The van der Waals surface area contributed by atoms with Crippen LogP contribution in [0.2, 0.25) is 5.02 Å². The Bertz CT molecular complexity index is 1070. The van der Waals surface area contributed by atoms with Crippen LogP contribution in [-0.2, 0) is 26.2 Å². The Morgan fingerprint density at radius 2 is 1.74 bits per heavy atom. The summed E-state index contributed by atoms with van der Waals surface area (Å²) in [5, 5.41) is 3.02. The molecule has 2 aromatic carbocycles. The van der Waals surface area contributed by atoms with Gasteiger partial charge >= 0.3 is 0 Å². The van der Waals surface area contributed by atoms with Crippen LogP contribution in [0.25, 0.3) is 0 Å². The summed E-state index contributed by atoms with van der Waals surface area (Å²) in [6.45, 7) is 5.00. The highest BCUT2D eigenvalue weighted by molar-refractivity contribution is 7.92. The highest BCUT2D eigenvalue weighted by Gasteiger charge is 2.30. The van der Waals surface area contributed by atoms with E-state index < -0.39 is 28.5 Å². The Kier molecular flexibility index (Phi) is 8.08. The van der Waals surface area contributed by atoms with Crippen molar-refractivity contribution in [2.24, 2.45) is 0 Å². The monoisotopic (exact) mass is 465 g/mol. The van der Waals surface area contributed by atoms with E-state index in [1.165, 1.54) is 11.9 Å². The second kappa shape index (κ2) is 10.2. The predicted molar refractivity (Wildman–Crippen MR) is 124 cm³/mol. The highest BCUT2D eigenvalue weighted by Crippen LogP contribution is 2.26. The van der Waals surface area contributed by atoms with E-state index in [4.69, 9.17) is 11.6 Å². The molecule has 168 valence electrons. The third-order valence-electron chi connectivity index (χ3n) is 5.12. The lowest BCUT2D eigenvalue weighted by Crippen LogP contribution is -2.50. The van der Waals surface area contributed by atoms with Crippen molar-refractivity contribution in [1.29, 1.82) is 0 Å². The largest absolute Gasteiger partial charge is 0.357 e. The molecule has 0 aromatic heterocycles. The second-order valence-electron chi connectivity index (χ2n) is 7.44. The van der Waals surface area contributed by atoms with E-state index in [1.807, 2.05) is 31.2 Å². The zero-order valence-corrected chi connectivity index (χ0v) is 19.9. The van der Waals surface area contributed by atoms with Crippen LogP contribution in [-0.4, -0.2) is 51.0 Å². The van der Waals surface area contributed by atoms with E-state index in [0.29, 0.717) is 16.3 Å². The van der Waals surface area contributed by atoms with Gasteiger partial charge in [0.05, 0.1) is 11.9 Å². The van der Waals surface area contributed by atoms with Gasteiger partial charge in [-0.25, -0.2) is 8.42 Å². The SMILES string of the molecule is CNC(=O)[C@H](C)N(Cc1ccccc1C)C(=O)CN(c1ccc(Cl)cc1C)S(C)(=O)=O. The highest BCUT2D eigenvalue weighted by atomic mass is 35.5. The van der Waals surface area contributed by atoms with Gasteiger partial charge in [0.25, 0.3) is 0 Å². The maximum atomic E-state index is 13.3. The van der Waals surface area contributed by atoms with Gasteiger partial charge in [0.15, 0.2) is 0 Å². The van der Waals surface area contributed by atoms with E-state index in [2.05, 4.69) is 5.32 Å². The Labute approximate surface area is 189 Å². The van der Waals surface area contributed by atoms with E-state index in [9.17, 15) is 18.0 Å². The first-order valence-electron chi connectivity index (χ1n) is 9.75. The lowest BCUT2D eigenvalue weighted by Gasteiger charge is -2.32. The third-order valence-corrected chi connectivity index (χ3v) is 6.48. The maximum absolute atomic E-state index is 13.3. The molecule has 0 bridgehead atoms. The molecule has 0 saturated carbocycles. The molecule has 9 heteroatoms. The molecule has 2 amide bonds. The first-order valence-corrected chi connectivity index (χ1v) is 12.0. The summed E-state index contributed by atoms with van der Waals surface area (Å²) >= 11 is 6.00. The number of hydrogen-bond acceptors (Lipinski definition) is 4. The van der Waals surface area contributed by atoms with Gasteiger partial charge in [-0.05, 0) is 55.7 Å². The van der Waals surface area contributed by atoms with Gasteiger partial charge in [0.1, 0.15) is 12.6 Å². The number of amides is 2. The number of halogens is 1. The standard InChI is InChI=1S/C22H28ClN3O4S/c1-15-8-6-7-9-18(15)13-25(17(3)22(28)24-4)21(27)14-26(31(5,29)30)20-11-10-19(23)12-16(20)2/h6-12,17H,13-14H2,1-5H3,(H,24,28)/t17-/m0/s1. The zero-order chi connectivity index (χ0) is 23.3. The van der Waals surface area contributed by atoms with Crippen molar-refractivity contribution in [2.45, 2.75) is 33.4 Å². The molecule has 7 nitrogen and oxygen atoms in total. The van der Waals surface area contributed by atoms with Gasteiger partial charge in [0.2, 0.25) is 21.8 Å². The fraction of sp³-hybridized carbons (Fsp3) is 0.364. The Balaban J connectivity index is 2.43. The fourth-order valence-electron chi connectivity index (χ4n) is 3.26. The molecule has 0 unspecified atom stereocenters. The van der Waals surface area contributed by atoms with Crippen LogP contribution in [0.15, 0.2) is 42.5 Å². The number of likely N-dealkylation sites (N-methyl/N-ethyl adjacent to an activating group) is 1. The maximum Gasteiger partial charge on any atom is 0.244 e. The van der Waals surface area contributed by atoms with E-state index in [1.54, 1.807) is 32.0 Å². The average Bonchev–Trinajstić information content (AvgIpc) is 2.70. The molecule has 0 radical (unpaired) electrons. The summed E-state index contributed by atoms with van der Waals surface area (Å²) in [5.74, 6) is -0.824. The van der Waals surface area contributed by atoms with Crippen LogP contribution in [0.1, 0.15) is 23.6 Å². The smallest absolute Gasteiger partial charge is 0.244 e. The molecule has 2 rings (SSSR count). The lowest BCUT2D eigenvalue weighted by molar-refractivity contribution is -0.139. The summed E-state index contributed by atoms with van der Waals surface area (Å²) < 4.78 is 26.1. The molecular formula is C22H28ClN3O4S. The number of hydrogen-bond donors (Lipinski definition) is 1. The number of carbonyl (C=O) groups excluding carboxylic acids is 2. The third kappa shape index (κ3) is 6.21. The molecule has 1 N–H and O–H groups in total. The zero-order valence-electron chi connectivity index (χ0n) is 18.3. The molecule has 2 aromatic rings. The molecular weight excluding hydrogens is 438 g/mol. The van der Waals surface area contributed by atoms with Gasteiger partial charge in [-0.15, -0.1) is 0 Å². The summed E-state index contributed by atoms with van der Waals surface area (Å²) in [6.07, 6.45) is 1.04. The number of nitrogens with zero attached hydrogens (tertiary/aromatic N) is 2. The number of sulfonamides is 1. The van der Waals surface area contributed by atoms with Crippen molar-refractivity contribution in [3.63, 3.8) is 0 Å². The number of carbonyl (C=O) groups is 2. The van der Waals surface area contributed by atoms with Crippen molar-refractivity contribution in [3.8, 4) is 0 Å². The molecule has 0 saturated heterocycles. The minimum absolute atomic E-state index is 0.178. The molecule has 1 atom stereocenters. The molecule has 0 aliphatic rings. The van der Waals surface area contributed by atoms with E-state index in [-0.39, 0.29) is 12.5 Å². The number of anilines is 1. The summed E-state index contributed by atoms with van der Waals surface area (Å²) in [7, 11) is -2.28. The van der Waals surface area contributed by atoms with Crippen LogP contribution in [0, 0.1) is 13.8 Å². The average molecular weight is 466 g/mol. The Morgan fingerprint density at radius 1 is 1.10 bits per heavy atom. The van der Waals surface area contributed by atoms with Crippen molar-refractivity contribution < 1.29 is 18.0 Å².